The van der Waals surface area contributed by atoms with Crippen molar-refractivity contribution in [1.82, 2.24) is 4.90 Å². The molecule has 2 rings (SSSR count). The van der Waals surface area contributed by atoms with Crippen LogP contribution < -0.4 is 11.1 Å². The van der Waals surface area contributed by atoms with Gasteiger partial charge in [-0.1, -0.05) is 11.6 Å². The van der Waals surface area contributed by atoms with Crippen LogP contribution in [0.2, 0.25) is 4.34 Å². The molecule has 0 radical (unpaired) electrons. The van der Waals surface area contributed by atoms with E-state index in [4.69, 9.17) is 26.5 Å². The molecule has 0 atom stereocenters. The van der Waals surface area contributed by atoms with Gasteiger partial charge in [0.25, 0.3) is 5.91 Å². The van der Waals surface area contributed by atoms with Crippen molar-refractivity contribution in [2.45, 2.75) is 20.4 Å². The molecule has 2 aromatic heterocycles. The normalized spacial score (nSPS) is 10.9. The molecule has 2 aromatic rings. The number of hydrogen-bond acceptors (Lipinski definition) is 7. The summed E-state index contributed by atoms with van der Waals surface area (Å²) in [6.07, 6.45) is 0. The van der Waals surface area contributed by atoms with Crippen LogP contribution in [-0.2, 0) is 16.1 Å². The number of primary amides is 1. The molecular formula is C17H20ClN3O5S. The molecule has 27 heavy (non-hydrogen) atoms. The first kappa shape index (κ1) is 20.9. The highest BCUT2D eigenvalue weighted by molar-refractivity contribution is 7.16. The monoisotopic (exact) mass is 413 g/mol. The predicted molar refractivity (Wildman–Crippen MR) is 102 cm³/mol. The maximum atomic E-state index is 12.3. The number of thiophene rings is 1. The van der Waals surface area contributed by atoms with Crippen molar-refractivity contribution in [3.8, 4) is 0 Å². The van der Waals surface area contributed by atoms with Crippen LogP contribution in [0.1, 0.15) is 38.3 Å². The van der Waals surface area contributed by atoms with E-state index in [1.54, 1.807) is 24.9 Å². The number of hydrogen-bond donors (Lipinski definition) is 2. The van der Waals surface area contributed by atoms with Crippen molar-refractivity contribution in [3.05, 3.63) is 38.2 Å². The van der Waals surface area contributed by atoms with Gasteiger partial charge in [0.05, 0.1) is 17.5 Å². The Morgan fingerprint density at radius 3 is 2.59 bits per heavy atom. The number of likely N-dealkylation sites (N-methyl/N-ethyl adjacent to an activating group) is 1. The third-order valence-electron chi connectivity index (χ3n) is 3.53. The minimum absolute atomic E-state index is 0.0300. The van der Waals surface area contributed by atoms with Gasteiger partial charge in [-0.2, -0.15) is 0 Å². The van der Waals surface area contributed by atoms with Crippen LogP contribution in [0.5, 0.6) is 0 Å². The Balaban J connectivity index is 2.11. The van der Waals surface area contributed by atoms with Gasteiger partial charge in [0, 0.05) is 11.4 Å². The molecule has 0 saturated heterocycles. The number of nitrogens with two attached hydrogens (primary N) is 1. The van der Waals surface area contributed by atoms with E-state index in [0.29, 0.717) is 10.9 Å². The summed E-state index contributed by atoms with van der Waals surface area (Å²) < 4.78 is 11.0. The number of amides is 2. The van der Waals surface area contributed by atoms with E-state index in [0.717, 1.165) is 4.88 Å². The van der Waals surface area contributed by atoms with E-state index in [1.807, 2.05) is 6.07 Å². The van der Waals surface area contributed by atoms with E-state index in [-0.39, 0.29) is 35.9 Å². The first-order valence-electron chi connectivity index (χ1n) is 8.05. The summed E-state index contributed by atoms with van der Waals surface area (Å²) >= 11 is 7.32. The lowest BCUT2D eigenvalue weighted by Gasteiger charge is -2.14. The maximum Gasteiger partial charge on any atom is 0.342 e. The van der Waals surface area contributed by atoms with E-state index in [1.165, 1.54) is 18.3 Å². The number of carbonyl (C=O) groups is 3. The highest BCUT2D eigenvalue weighted by atomic mass is 35.5. The lowest BCUT2D eigenvalue weighted by atomic mass is 10.1. The molecule has 0 unspecified atom stereocenters. The van der Waals surface area contributed by atoms with Crippen LogP contribution in [0, 0.1) is 6.92 Å². The summed E-state index contributed by atoms with van der Waals surface area (Å²) in [6, 6.07) is 3.67. The van der Waals surface area contributed by atoms with Gasteiger partial charge >= 0.3 is 5.97 Å². The predicted octanol–water partition coefficient (Wildman–Crippen LogP) is 2.65. The van der Waals surface area contributed by atoms with Crippen molar-refractivity contribution < 1.29 is 23.5 Å². The molecule has 2 amide bonds. The molecule has 0 aliphatic rings. The molecular weight excluding hydrogens is 394 g/mol. The Hall–Kier alpha value is -2.36. The lowest BCUT2D eigenvalue weighted by Crippen LogP contribution is -2.30. The Morgan fingerprint density at radius 1 is 1.33 bits per heavy atom. The van der Waals surface area contributed by atoms with E-state index >= 15 is 0 Å². The minimum atomic E-state index is -0.896. The second-order valence-corrected chi connectivity index (χ2v) is 7.55. The van der Waals surface area contributed by atoms with Crippen LogP contribution in [-0.4, -0.2) is 42.9 Å². The van der Waals surface area contributed by atoms with Crippen molar-refractivity contribution in [2.24, 2.45) is 5.73 Å². The second-order valence-electron chi connectivity index (χ2n) is 5.75. The Labute approximate surface area is 165 Å². The number of halogens is 1. The quantitative estimate of drug-likeness (QED) is 0.643. The number of aryl methyl sites for hydroxylation is 1. The summed E-state index contributed by atoms with van der Waals surface area (Å²) in [5.74, 6) is -2.09. The third kappa shape index (κ3) is 5.31. The summed E-state index contributed by atoms with van der Waals surface area (Å²) in [4.78, 5) is 38.9. The van der Waals surface area contributed by atoms with Crippen molar-refractivity contribution in [1.29, 1.82) is 0 Å². The number of rotatable bonds is 8. The second kappa shape index (κ2) is 9.03. The molecule has 3 N–H and O–H groups in total. The SMILES string of the molecule is CCOC(=O)c1c(C)oc(NC(=O)CN(C)Cc2ccc(Cl)s2)c1C(N)=O. The van der Waals surface area contributed by atoms with Gasteiger partial charge in [-0.05, 0) is 33.0 Å². The van der Waals surface area contributed by atoms with Crippen molar-refractivity contribution in [2.75, 3.05) is 25.5 Å². The van der Waals surface area contributed by atoms with Crippen LogP contribution in [0.15, 0.2) is 16.5 Å². The van der Waals surface area contributed by atoms with E-state index in [9.17, 15) is 14.4 Å². The third-order valence-corrected chi connectivity index (χ3v) is 4.75. The van der Waals surface area contributed by atoms with Gasteiger partial charge in [-0.3, -0.25) is 19.8 Å². The zero-order valence-electron chi connectivity index (χ0n) is 15.1. The molecule has 0 aliphatic heterocycles. The first-order chi connectivity index (χ1) is 12.7. The van der Waals surface area contributed by atoms with Crippen LogP contribution in [0.4, 0.5) is 5.88 Å². The smallest absolute Gasteiger partial charge is 0.342 e. The topological polar surface area (TPSA) is 115 Å². The van der Waals surface area contributed by atoms with Crippen molar-refractivity contribution >= 4 is 46.6 Å². The van der Waals surface area contributed by atoms with Gasteiger partial charge in [0.15, 0.2) is 0 Å². The number of nitrogens with one attached hydrogen (secondary N) is 1. The molecule has 8 nitrogen and oxygen atoms in total. The zero-order chi connectivity index (χ0) is 20.1. The summed E-state index contributed by atoms with van der Waals surface area (Å²) in [7, 11) is 1.76. The largest absolute Gasteiger partial charge is 0.462 e. The van der Waals surface area contributed by atoms with Gasteiger partial charge in [0.1, 0.15) is 16.9 Å². The standard InChI is InChI=1S/C17H20ClN3O5S/c1-4-25-17(24)13-9(2)26-16(14(13)15(19)23)20-12(22)8-21(3)7-10-5-6-11(18)27-10/h5-6H,4,7-8H2,1-3H3,(H2,19,23)(H,20,22). The molecule has 0 fully saturated rings. The van der Waals surface area contributed by atoms with Crippen LogP contribution in [0.25, 0.3) is 0 Å². The highest BCUT2D eigenvalue weighted by Gasteiger charge is 2.29. The maximum absolute atomic E-state index is 12.3. The number of furan rings is 1. The fourth-order valence-corrected chi connectivity index (χ4v) is 3.65. The molecule has 146 valence electrons. The fourth-order valence-electron chi connectivity index (χ4n) is 2.49. The Kier molecular flexibility index (Phi) is 7.00. The molecule has 0 bridgehead atoms. The first-order valence-corrected chi connectivity index (χ1v) is 9.25. The van der Waals surface area contributed by atoms with Gasteiger partial charge in [0.2, 0.25) is 11.8 Å². The highest BCUT2D eigenvalue weighted by Crippen LogP contribution is 2.28. The Morgan fingerprint density at radius 2 is 2.04 bits per heavy atom. The molecule has 2 heterocycles. The molecule has 0 saturated carbocycles. The van der Waals surface area contributed by atoms with Crippen LogP contribution in [0.3, 0.4) is 0 Å². The summed E-state index contributed by atoms with van der Waals surface area (Å²) in [5.41, 5.74) is 5.08. The molecule has 0 aliphatic carbocycles. The number of anilines is 1. The zero-order valence-corrected chi connectivity index (χ0v) is 16.7. The minimum Gasteiger partial charge on any atom is -0.462 e. The molecule has 0 spiro atoms. The van der Waals surface area contributed by atoms with Gasteiger partial charge in [-0.25, -0.2) is 4.79 Å². The van der Waals surface area contributed by atoms with Crippen LogP contribution >= 0.6 is 22.9 Å². The van der Waals surface area contributed by atoms with Gasteiger partial charge in [-0.15, -0.1) is 11.3 Å². The average molecular weight is 414 g/mol. The van der Waals surface area contributed by atoms with Gasteiger partial charge < -0.3 is 14.9 Å². The Bertz CT molecular complexity index is 861. The average Bonchev–Trinajstić information content (AvgIpc) is 3.10. The molecule has 10 heteroatoms. The number of nitrogens with zero attached hydrogens (tertiary/aromatic N) is 1. The number of ether oxygens (including phenoxy) is 1. The summed E-state index contributed by atoms with van der Waals surface area (Å²) in [5, 5.41) is 2.49. The van der Waals surface area contributed by atoms with E-state index in [2.05, 4.69) is 5.32 Å². The number of carbonyl (C=O) groups excluding carboxylic acids is 3. The fraction of sp³-hybridized carbons (Fsp3) is 0.353. The van der Waals surface area contributed by atoms with E-state index < -0.39 is 17.8 Å². The lowest BCUT2D eigenvalue weighted by molar-refractivity contribution is -0.117. The summed E-state index contributed by atoms with van der Waals surface area (Å²) in [6.45, 7) is 3.80. The van der Waals surface area contributed by atoms with Crippen molar-refractivity contribution in [3.63, 3.8) is 0 Å². The number of esters is 1. The molecule has 0 aromatic carbocycles.